The lowest BCUT2D eigenvalue weighted by Gasteiger charge is -2.20. The molecule has 0 aliphatic rings. The van der Waals surface area contributed by atoms with Gasteiger partial charge in [-0.2, -0.15) is 5.10 Å². The standard InChI is InChI=1S/C15H21N3O2/c1-11-7-8-18(17-11)10-14(16-2)13-9-12(19-3)5-6-15(13)20-4/h5-9,14,16H,10H2,1-4H3. The molecule has 0 bridgehead atoms. The molecule has 0 aliphatic heterocycles. The molecule has 5 nitrogen and oxygen atoms in total. The lowest BCUT2D eigenvalue weighted by atomic mass is 10.1. The van der Waals surface area contributed by atoms with Gasteiger partial charge in [0.2, 0.25) is 0 Å². The van der Waals surface area contributed by atoms with Crippen LogP contribution in [0.3, 0.4) is 0 Å². The third-order valence-electron chi connectivity index (χ3n) is 3.30. The van der Waals surface area contributed by atoms with Gasteiger partial charge in [0, 0.05) is 11.8 Å². The third kappa shape index (κ3) is 3.11. The van der Waals surface area contributed by atoms with E-state index in [0.29, 0.717) is 0 Å². The van der Waals surface area contributed by atoms with E-state index in [1.807, 2.05) is 49.1 Å². The summed E-state index contributed by atoms with van der Waals surface area (Å²) in [5, 5.41) is 7.73. The Balaban J connectivity index is 2.30. The normalized spacial score (nSPS) is 12.2. The Morgan fingerprint density at radius 2 is 2.05 bits per heavy atom. The quantitative estimate of drug-likeness (QED) is 0.877. The molecule has 0 saturated heterocycles. The van der Waals surface area contributed by atoms with Crippen molar-refractivity contribution in [2.45, 2.75) is 19.5 Å². The van der Waals surface area contributed by atoms with E-state index in [-0.39, 0.29) is 6.04 Å². The molecular formula is C15H21N3O2. The molecule has 1 heterocycles. The van der Waals surface area contributed by atoms with Crippen molar-refractivity contribution in [2.75, 3.05) is 21.3 Å². The van der Waals surface area contributed by atoms with Crippen LogP contribution in [-0.4, -0.2) is 31.0 Å². The van der Waals surface area contributed by atoms with Crippen LogP contribution in [-0.2, 0) is 6.54 Å². The summed E-state index contributed by atoms with van der Waals surface area (Å²) in [7, 11) is 5.27. The van der Waals surface area contributed by atoms with E-state index in [9.17, 15) is 0 Å². The number of hydrogen-bond acceptors (Lipinski definition) is 4. The zero-order chi connectivity index (χ0) is 14.5. The molecule has 20 heavy (non-hydrogen) atoms. The summed E-state index contributed by atoms with van der Waals surface area (Å²) >= 11 is 0. The van der Waals surface area contributed by atoms with Crippen LogP contribution in [0.1, 0.15) is 17.3 Å². The highest BCUT2D eigenvalue weighted by Crippen LogP contribution is 2.30. The summed E-state index contributed by atoms with van der Waals surface area (Å²) in [4.78, 5) is 0. The Morgan fingerprint density at radius 1 is 1.25 bits per heavy atom. The molecule has 1 aromatic heterocycles. The summed E-state index contributed by atoms with van der Waals surface area (Å²) in [6.45, 7) is 2.71. The van der Waals surface area contributed by atoms with E-state index in [4.69, 9.17) is 9.47 Å². The number of aryl methyl sites for hydroxylation is 1. The van der Waals surface area contributed by atoms with Gasteiger partial charge in [0.15, 0.2) is 0 Å². The number of aromatic nitrogens is 2. The number of hydrogen-bond donors (Lipinski definition) is 1. The molecule has 108 valence electrons. The van der Waals surface area contributed by atoms with Gasteiger partial charge in [-0.3, -0.25) is 4.68 Å². The van der Waals surface area contributed by atoms with Crippen LogP contribution in [0.2, 0.25) is 0 Å². The summed E-state index contributed by atoms with van der Waals surface area (Å²) in [6.07, 6.45) is 1.98. The van der Waals surface area contributed by atoms with Crippen molar-refractivity contribution in [1.29, 1.82) is 0 Å². The summed E-state index contributed by atoms with van der Waals surface area (Å²) < 4.78 is 12.7. The zero-order valence-electron chi connectivity index (χ0n) is 12.4. The van der Waals surface area contributed by atoms with Crippen molar-refractivity contribution < 1.29 is 9.47 Å². The Bertz CT molecular complexity index is 566. The molecule has 0 spiro atoms. The van der Waals surface area contributed by atoms with Crippen molar-refractivity contribution in [2.24, 2.45) is 0 Å². The zero-order valence-corrected chi connectivity index (χ0v) is 12.4. The Hall–Kier alpha value is -2.01. The maximum absolute atomic E-state index is 5.45. The molecular weight excluding hydrogens is 254 g/mol. The number of nitrogens with zero attached hydrogens (tertiary/aromatic N) is 2. The van der Waals surface area contributed by atoms with E-state index in [1.165, 1.54) is 0 Å². The minimum atomic E-state index is 0.0966. The minimum Gasteiger partial charge on any atom is -0.497 e. The number of likely N-dealkylation sites (N-methyl/N-ethyl adjacent to an activating group) is 1. The Kier molecular flexibility index (Phi) is 4.63. The van der Waals surface area contributed by atoms with Crippen molar-refractivity contribution in [3.8, 4) is 11.5 Å². The van der Waals surface area contributed by atoms with E-state index in [2.05, 4.69) is 10.4 Å². The number of nitrogens with one attached hydrogen (secondary N) is 1. The second kappa shape index (κ2) is 6.43. The molecule has 0 amide bonds. The molecule has 0 aliphatic carbocycles. The maximum atomic E-state index is 5.45. The van der Waals surface area contributed by atoms with Gasteiger partial charge in [0.1, 0.15) is 11.5 Å². The molecule has 1 unspecified atom stereocenters. The highest BCUT2D eigenvalue weighted by Gasteiger charge is 2.16. The Labute approximate surface area is 119 Å². The molecule has 2 aromatic rings. The summed E-state index contributed by atoms with van der Waals surface area (Å²) in [5.74, 6) is 1.66. The van der Waals surface area contributed by atoms with Crippen LogP contribution in [0.25, 0.3) is 0 Å². The smallest absolute Gasteiger partial charge is 0.123 e. The largest absolute Gasteiger partial charge is 0.497 e. The first-order valence-electron chi connectivity index (χ1n) is 6.57. The van der Waals surface area contributed by atoms with Gasteiger partial charge in [0.25, 0.3) is 0 Å². The number of benzene rings is 1. The van der Waals surface area contributed by atoms with Gasteiger partial charge < -0.3 is 14.8 Å². The molecule has 0 fully saturated rings. The highest BCUT2D eigenvalue weighted by molar-refractivity contribution is 5.42. The number of rotatable bonds is 6. The first-order chi connectivity index (χ1) is 9.67. The monoisotopic (exact) mass is 275 g/mol. The van der Waals surface area contributed by atoms with E-state index >= 15 is 0 Å². The number of methoxy groups -OCH3 is 2. The lowest BCUT2D eigenvalue weighted by molar-refractivity contribution is 0.382. The fraction of sp³-hybridized carbons (Fsp3) is 0.400. The maximum Gasteiger partial charge on any atom is 0.123 e. The SMILES string of the molecule is CNC(Cn1ccc(C)n1)c1cc(OC)ccc1OC. The van der Waals surface area contributed by atoms with Gasteiger partial charge in [-0.25, -0.2) is 0 Å². The van der Waals surface area contributed by atoms with Gasteiger partial charge in [-0.05, 0) is 38.2 Å². The number of ether oxygens (including phenoxy) is 2. The molecule has 2 rings (SSSR count). The summed E-state index contributed by atoms with van der Waals surface area (Å²) in [6, 6.07) is 7.91. The summed E-state index contributed by atoms with van der Waals surface area (Å²) in [5.41, 5.74) is 2.07. The fourth-order valence-electron chi connectivity index (χ4n) is 2.21. The molecule has 1 N–H and O–H groups in total. The molecule has 5 heteroatoms. The molecule has 0 saturated carbocycles. The topological polar surface area (TPSA) is 48.3 Å². The minimum absolute atomic E-state index is 0.0966. The average Bonchev–Trinajstić information content (AvgIpc) is 2.89. The van der Waals surface area contributed by atoms with Crippen molar-refractivity contribution in [1.82, 2.24) is 15.1 Å². The molecule has 1 aromatic carbocycles. The van der Waals surface area contributed by atoms with Crippen molar-refractivity contribution >= 4 is 0 Å². The lowest BCUT2D eigenvalue weighted by Crippen LogP contribution is -2.23. The van der Waals surface area contributed by atoms with Crippen LogP contribution in [0.4, 0.5) is 0 Å². The second-order valence-electron chi connectivity index (χ2n) is 4.63. The van der Waals surface area contributed by atoms with E-state index in [0.717, 1.165) is 29.3 Å². The van der Waals surface area contributed by atoms with E-state index < -0.39 is 0 Å². The van der Waals surface area contributed by atoms with E-state index in [1.54, 1.807) is 14.2 Å². The van der Waals surface area contributed by atoms with Crippen LogP contribution in [0.15, 0.2) is 30.5 Å². The van der Waals surface area contributed by atoms with Crippen LogP contribution < -0.4 is 14.8 Å². The Morgan fingerprint density at radius 3 is 2.60 bits per heavy atom. The van der Waals surface area contributed by atoms with Gasteiger partial charge in [0.05, 0.1) is 32.5 Å². The third-order valence-corrected chi connectivity index (χ3v) is 3.30. The van der Waals surface area contributed by atoms with Gasteiger partial charge >= 0.3 is 0 Å². The van der Waals surface area contributed by atoms with Gasteiger partial charge in [-0.1, -0.05) is 0 Å². The molecule has 0 radical (unpaired) electrons. The van der Waals surface area contributed by atoms with Crippen LogP contribution >= 0.6 is 0 Å². The van der Waals surface area contributed by atoms with Crippen LogP contribution in [0.5, 0.6) is 11.5 Å². The van der Waals surface area contributed by atoms with Gasteiger partial charge in [-0.15, -0.1) is 0 Å². The van der Waals surface area contributed by atoms with Crippen LogP contribution in [0, 0.1) is 6.92 Å². The first kappa shape index (κ1) is 14.4. The average molecular weight is 275 g/mol. The predicted octanol–water partition coefficient (Wildman–Crippen LogP) is 2.17. The second-order valence-corrected chi connectivity index (χ2v) is 4.63. The fourth-order valence-corrected chi connectivity index (χ4v) is 2.21. The highest BCUT2D eigenvalue weighted by atomic mass is 16.5. The molecule has 1 atom stereocenters. The van der Waals surface area contributed by atoms with Crippen molar-refractivity contribution in [3.05, 3.63) is 41.7 Å². The first-order valence-corrected chi connectivity index (χ1v) is 6.57. The van der Waals surface area contributed by atoms with Crippen molar-refractivity contribution in [3.63, 3.8) is 0 Å². The predicted molar refractivity (Wildman–Crippen MR) is 78.3 cm³/mol.